The number of pyridine rings is 1. The average molecular weight is 296 g/mol. The van der Waals surface area contributed by atoms with E-state index in [2.05, 4.69) is 34.1 Å². The van der Waals surface area contributed by atoms with E-state index in [9.17, 15) is 0 Å². The second-order valence-corrected chi connectivity index (χ2v) is 6.07. The molecule has 1 aliphatic heterocycles. The van der Waals surface area contributed by atoms with Gasteiger partial charge >= 0.3 is 0 Å². The number of piperidine rings is 1. The van der Waals surface area contributed by atoms with E-state index >= 15 is 0 Å². The van der Waals surface area contributed by atoms with Crippen LogP contribution in [-0.4, -0.2) is 35.6 Å². The molecular formula is C18H24N4. The topological polar surface area (TPSA) is 68.2 Å². The number of likely N-dealkylation sites (tertiary alicyclic amines) is 1. The number of hydrogen-bond donors (Lipinski definition) is 2. The zero-order valence-corrected chi connectivity index (χ0v) is 12.9. The maximum Gasteiger partial charge on any atom is 0.124 e. The van der Waals surface area contributed by atoms with E-state index in [-0.39, 0.29) is 0 Å². The highest BCUT2D eigenvalue weighted by atomic mass is 15.1. The van der Waals surface area contributed by atoms with Crippen molar-refractivity contribution in [3.05, 3.63) is 48.0 Å². The third kappa shape index (κ3) is 3.84. The van der Waals surface area contributed by atoms with Crippen LogP contribution in [0.5, 0.6) is 0 Å². The molecule has 3 rings (SSSR count). The van der Waals surface area contributed by atoms with E-state index in [1.807, 2.05) is 18.2 Å². The molecule has 2 aromatic rings. The smallest absolute Gasteiger partial charge is 0.124 e. The Bertz CT molecular complexity index is 601. The molecule has 0 aliphatic carbocycles. The maximum absolute atomic E-state index is 5.95. The number of benzene rings is 1. The number of rotatable bonds is 4. The van der Waals surface area contributed by atoms with E-state index in [4.69, 9.17) is 11.5 Å². The van der Waals surface area contributed by atoms with Crippen LogP contribution in [0.4, 0.5) is 5.82 Å². The number of nitrogens with zero attached hydrogens (tertiary/aromatic N) is 2. The molecule has 4 nitrogen and oxygen atoms in total. The van der Waals surface area contributed by atoms with Crippen LogP contribution in [0.15, 0.2) is 42.5 Å². The van der Waals surface area contributed by atoms with Gasteiger partial charge in [0.1, 0.15) is 5.82 Å². The third-order valence-electron chi connectivity index (χ3n) is 4.37. The van der Waals surface area contributed by atoms with Crippen molar-refractivity contribution in [3.8, 4) is 11.3 Å². The van der Waals surface area contributed by atoms with Crippen LogP contribution in [0.1, 0.15) is 18.4 Å². The second-order valence-electron chi connectivity index (χ2n) is 6.07. The Morgan fingerprint density at radius 1 is 1.05 bits per heavy atom. The summed E-state index contributed by atoms with van der Waals surface area (Å²) in [6.07, 6.45) is 3.33. The molecule has 116 valence electrons. The molecule has 22 heavy (non-hydrogen) atoms. The fraction of sp³-hybridized carbons (Fsp3) is 0.389. The fourth-order valence-electron chi connectivity index (χ4n) is 2.92. The number of hydrogen-bond acceptors (Lipinski definition) is 4. The van der Waals surface area contributed by atoms with Crippen LogP contribution in [0.2, 0.25) is 0 Å². The Morgan fingerprint density at radius 2 is 1.77 bits per heavy atom. The highest BCUT2D eigenvalue weighted by Gasteiger charge is 2.15. The zero-order valence-electron chi connectivity index (χ0n) is 12.9. The zero-order chi connectivity index (χ0) is 15.4. The SMILES string of the molecule is Nc1cccc(-c2ccc(CCN3CCC(N)CC3)cc2)n1. The van der Waals surface area contributed by atoms with Crippen LogP contribution in [0.25, 0.3) is 11.3 Å². The lowest BCUT2D eigenvalue weighted by atomic mass is 10.0. The quantitative estimate of drug-likeness (QED) is 0.908. The van der Waals surface area contributed by atoms with Crippen molar-refractivity contribution >= 4 is 5.82 Å². The van der Waals surface area contributed by atoms with Gasteiger partial charge in [-0.15, -0.1) is 0 Å². The largest absolute Gasteiger partial charge is 0.384 e. The number of nitrogen functional groups attached to an aromatic ring is 1. The standard InChI is InChI=1S/C18H24N4/c19-16-9-12-22(13-10-16)11-8-14-4-6-15(7-5-14)17-2-1-3-18(20)21-17/h1-7,16H,8-13,19H2,(H2,20,21). The van der Waals surface area contributed by atoms with Gasteiger partial charge in [0.15, 0.2) is 0 Å². The molecular weight excluding hydrogens is 272 g/mol. The number of anilines is 1. The fourth-order valence-corrected chi connectivity index (χ4v) is 2.92. The van der Waals surface area contributed by atoms with Crippen molar-refractivity contribution in [2.45, 2.75) is 25.3 Å². The lowest BCUT2D eigenvalue weighted by molar-refractivity contribution is 0.215. The highest BCUT2D eigenvalue weighted by molar-refractivity contribution is 5.61. The van der Waals surface area contributed by atoms with Gasteiger partial charge in [-0.1, -0.05) is 30.3 Å². The second kappa shape index (κ2) is 6.90. The maximum atomic E-state index is 5.95. The first-order chi connectivity index (χ1) is 10.7. The highest BCUT2D eigenvalue weighted by Crippen LogP contribution is 2.19. The van der Waals surface area contributed by atoms with Crippen molar-refractivity contribution in [1.29, 1.82) is 0 Å². The van der Waals surface area contributed by atoms with Gasteiger partial charge in [-0.05, 0) is 50.0 Å². The Balaban J connectivity index is 1.57. The molecule has 0 amide bonds. The summed E-state index contributed by atoms with van der Waals surface area (Å²) >= 11 is 0. The van der Waals surface area contributed by atoms with Gasteiger partial charge in [-0.2, -0.15) is 0 Å². The van der Waals surface area contributed by atoms with Crippen LogP contribution in [-0.2, 0) is 6.42 Å². The van der Waals surface area contributed by atoms with Crippen molar-refractivity contribution in [2.24, 2.45) is 5.73 Å². The van der Waals surface area contributed by atoms with Gasteiger partial charge in [0, 0.05) is 18.2 Å². The lowest BCUT2D eigenvalue weighted by Crippen LogP contribution is -2.40. The average Bonchev–Trinajstić information content (AvgIpc) is 2.55. The summed E-state index contributed by atoms with van der Waals surface area (Å²) in [5, 5.41) is 0. The van der Waals surface area contributed by atoms with Gasteiger partial charge in [0.2, 0.25) is 0 Å². The summed E-state index contributed by atoms with van der Waals surface area (Å²) in [4.78, 5) is 6.87. The molecule has 1 fully saturated rings. The summed E-state index contributed by atoms with van der Waals surface area (Å²) < 4.78 is 0. The first kappa shape index (κ1) is 15.0. The van der Waals surface area contributed by atoms with E-state index in [1.54, 1.807) is 0 Å². The van der Waals surface area contributed by atoms with Crippen molar-refractivity contribution in [2.75, 3.05) is 25.4 Å². The molecule has 4 N–H and O–H groups in total. The number of nitrogens with two attached hydrogens (primary N) is 2. The van der Waals surface area contributed by atoms with Crippen LogP contribution >= 0.6 is 0 Å². The summed E-state index contributed by atoms with van der Waals surface area (Å²) in [5.41, 5.74) is 15.1. The van der Waals surface area contributed by atoms with Gasteiger partial charge in [0.05, 0.1) is 5.69 Å². The monoisotopic (exact) mass is 296 g/mol. The van der Waals surface area contributed by atoms with Crippen LogP contribution < -0.4 is 11.5 Å². The van der Waals surface area contributed by atoms with Gasteiger partial charge in [0.25, 0.3) is 0 Å². The molecule has 0 radical (unpaired) electrons. The van der Waals surface area contributed by atoms with Gasteiger partial charge in [-0.25, -0.2) is 4.98 Å². The molecule has 0 unspecified atom stereocenters. The first-order valence-electron chi connectivity index (χ1n) is 8.00. The molecule has 0 bridgehead atoms. The van der Waals surface area contributed by atoms with Crippen LogP contribution in [0.3, 0.4) is 0 Å². The van der Waals surface area contributed by atoms with E-state index < -0.39 is 0 Å². The summed E-state index contributed by atoms with van der Waals surface area (Å²) in [6, 6.07) is 14.8. The van der Waals surface area contributed by atoms with Gasteiger partial charge < -0.3 is 16.4 Å². The third-order valence-corrected chi connectivity index (χ3v) is 4.37. The van der Waals surface area contributed by atoms with Crippen molar-refractivity contribution in [3.63, 3.8) is 0 Å². The molecule has 1 aliphatic rings. The van der Waals surface area contributed by atoms with Crippen LogP contribution in [0, 0.1) is 0 Å². The molecule has 0 atom stereocenters. The molecule has 1 saturated heterocycles. The van der Waals surface area contributed by atoms with E-state index in [1.165, 1.54) is 5.56 Å². The van der Waals surface area contributed by atoms with E-state index in [0.717, 1.165) is 50.2 Å². The normalized spacial score (nSPS) is 16.8. The Hall–Kier alpha value is -1.91. The summed E-state index contributed by atoms with van der Waals surface area (Å²) in [6.45, 7) is 3.38. The Morgan fingerprint density at radius 3 is 2.45 bits per heavy atom. The molecule has 2 heterocycles. The predicted molar refractivity (Wildman–Crippen MR) is 91.4 cm³/mol. The molecule has 1 aromatic heterocycles. The minimum atomic E-state index is 0.404. The lowest BCUT2D eigenvalue weighted by Gasteiger charge is -2.29. The summed E-state index contributed by atoms with van der Waals surface area (Å²) in [7, 11) is 0. The summed E-state index contributed by atoms with van der Waals surface area (Å²) in [5.74, 6) is 0.560. The molecule has 0 saturated carbocycles. The van der Waals surface area contributed by atoms with E-state index in [0.29, 0.717) is 11.9 Å². The minimum absolute atomic E-state index is 0.404. The molecule has 0 spiro atoms. The predicted octanol–water partition coefficient (Wildman–Crippen LogP) is 2.30. The van der Waals surface area contributed by atoms with Gasteiger partial charge in [-0.3, -0.25) is 0 Å². The molecule has 1 aromatic carbocycles. The Labute approximate surface area is 132 Å². The Kier molecular flexibility index (Phi) is 4.71. The number of aromatic nitrogens is 1. The van der Waals surface area contributed by atoms with Crippen molar-refractivity contribution in [1.82, 2.24) is 9.88 Å². The minimum Gasteiger partial charge on any atom is -0.384 e. The van der Waals surface area contributed by atoms with Crippen molar-refractivity contribution < 1.29 is 0 Å². The molecule has 4 heteroatoms. The first-order valence-corrected chi connectivity index (χ1v) is 8.00.